The number of nitrogens with zero attached hydrogens (tertiary/aromatic N) is 2. The summed E-state index contributed by atoms with van der Waals surface area (Å²) in [6.45, 7) is 1.37. The third-order valence-corrected chi connectivity index (χ3v) is 3.53. The largest absolute Gasteiger partial charge is 0.396 e. The topological polar surface area (TPSA) is 43.8 Å². The van der Waals surface area contributed by atoms with Gasteiger partial charge in [-0.1, -0.05) is 23.7 Å². The summed E-state index contributed by atoms with van der Waals surface area (Å²) in [7, 11) is 1.81. The van der Waals surface area contributed by atoms with E-state index in [9.17, 15) is 4.79 Å². The Morgan fingerprint density at radius 3 is 2.67 bits per heavy atom. The first kappa shape index (κ1) is 13.2. The Balaban J connectivity index is 2.10. The number of aliphatic hydroxyl groups excluding tert-OH is 1. The molecule has 0 radical (unpaired) electrons. The molecule has 0 saturated carbocycles. The van der Waals surface area contributed by atoms with Gasteiger partial charge in [0.2, 0.25) is 0 Å². The van der Waals surface area contributed by atoms with Gasteiger partial charge in [0, 0.05) is 31.8 Å². The van der Waals surface area contributed by atoms with E-state index in [0.717, 1.165) is 5.56 Å². The van der Waals surface area contributed by atoms with Crippen molar-refractivity contribution in [1.82, 2.24) is 9.80 Å². The zero-order valence-electron chi connectivity index (χ0n) is 10.3. The number of urea groups is 1. The molecule has 1 aromatic carbocycles. The SMILES string of the molecule is CN1C(=O)N(CCCO)CC1c1ccc(Cl)cc1. The van der Waals surface area contributed by atoms with E-state index in [1.165, 1.54) is 0 Å². The fourth-order valence-electron chi connectivity index (χ4n) is 2.23. The molecule has 1 unspecified atom stereocenters. The van der Waals surface area contributed by atoms with Crippen LogP contribution in [0.3, 0.4) is 0 Å². The van der Waals surface area contributed by atoms with Crippen molar-refractivity contribution in [2.75, 3.05) is 26.7 Å². The number of hydrogen-bond acceptors (Lipinski definition) is 2. The molecule has 1 fully saturated rings. The molecule has 1 aliphatic heterocycles. The van der Waals surface area contributed by atoms with Crippen LogP contribution in [0.1, 0.15) is 18.0 Å². The van der Waals surface area contributed by atoms with Crippen molar-refractivity contribution >= 4 is 17.6 Å². The van der Waals surface area contributed by atoms with Crippen LogP contribution in [-0.4, -0.2) is 47.7 Å². The van der Waals surface area contributed by atoms with Gasteiger partial charge in [0.15, 0.2) is 0 Å². The average Bonchev–Trinajstić information content (AvgIpc) is 2.65. The fraction of sp³-hybridized carbons (Fsp3) is 0.462. The van der Waals surface area contributed by atoms with Gasteiger partial charge in [-0.3, -0.25) is 0 Å². The van der Waals surface area contributed by atoms with Crippen molar-refractivity contribution in [2.45, 2.75) is 12.5 Å². The number of benzene rings is 1. The van der Waals surface area contributed by atoms with Gasteiger partial charge in [-0.2, -0.15) is 0 Å². The molecule has 1 atom stereocenters. The highest BCUT2D eigenvalue weighted by molar-refractivity contribution is 6.30. The molecular weight excluding hydrogens is 252 g/mol. The van der Waals surface area contributed by atoms with Gasteiger partial charge in [-0.05, 0) is 24.1 Å². The maximum atomic E-state index is 12.0. The van der Waals surface area contributed by atoms with E-state index in [1.54, 1.807) is 16.8 Å². The van der Waals surface area contributed by atoms with E-state index in [1.807, 2.05) is 24.3 Å². The molecule has 2 rings (SSSR count). The molecule has 1 saturated heterocycles. The number of hydrogen-bond donors (Lipinski definition) is 1. The van der Waals surface area contributed by atoms with Crippen LogP contribution < -0.4 is 0 Å². The van der Waals surface area contributed by atoms with Gasteiger partial charge in [0.05, 0.1) is 6.04 Å². The molecule has 0 spiro atoms. The lowest BCUT2D eigenvalue weighted by molar-refractivity contribution is 0.191. The Morgan fingerprint density at radius 1 is 1.39 bits per heavy atom. The minimum atomic E-state index is 0.0170. The van der Waals surface area contributed by atoms with Crippen molar-refractivity contribution in [3.63, 3.8) is 0 Å². The minimum Gasteiger partial charge on any atom is -0.396 e. The van der Waals surface area contributed by atoms with Crippen molar-refractivity contribution in [1.29, 1.82) is 0 Å². The Labute approximate surface area is 112 Å². The second kappa shape index (κ2) is 5.59. The summed E-state index contributed by atoms with van der Waals surface area (Å²) >= 11 is 5.86. The summed E-state index contributed by atoms with van der Waals surface area (Å²) in [5, 5.41) is 9.52. The summed E-state index contributed by atoms with van der Waals surface area (Å²) in [6, 6.07) is 7.66. The van der Waals surface area contributed by atoms with E-state index in [2.05, 4.69) is 0 Å². The maximum Gasteiger partial charge on any atom is 0.320 e. The molecular formula is C13H17ClN2O2. The molecule has 4 nitrogen and oxygen atoms in total. The third kappa shape index (κ3) is 2.60. The monoisotopic (exact) mass is 268 g/mol. The highest BCUT2D eigenvalue weighted by Crippen LogP contribution is 2.28. The van der Waals surface area contributed by atoms with Gasteiger partial charge in [0.25, 0.3) is 0 Å². The molecule has 1 aliphatic rings. The molecule has 5 heteroatoms. The van der Waals surface area contributed by atoms with E-state index in [-0.39, 0.29) is 18.7 Å². The van der Waals surface area contributed by atoms with Crippen LogP contribution in [0.5, 0.6) is 0 Å². The van der Waals surface area contributed by atoms with E-state index >= 15 is 0 Å². The molecule has 0 bridgehead atoms. The second-order valence-corrected chi connectivity index (χ2v) is 4.92. The second-order valence-electron chi connectivity index (χ2n) is 4.48. The molecule has 0 aromatic heterocycles. The number of carbonyl (C=O) groups is 1. The van der Waals surface area contributed by atoms with Crippen LogP contribution in [0.25, 0.3) is 0 Å². The van der Waals surface area contributed by atoms with Gasteiger partial charge in [-0.25, -0.2) is 4.79 Å². The van der Waals surface area contributed by atoms with Crippen molar-refractivity contribution < 1.29 is 9.90 Å². The number of likely N-dealkylation sites (N-methyl/N-ethyl adjacent to an activating group) is 1. The smallest absolute Gasteiger partial charge is 0.320 e. The van der Waals surface area contributed by atoms with Crippen LogP contribution in [0, 0.1) is 0 Å². The molecule has 1 aromatic rings. The lowest BCUT2D eigenvalue weighted by atomic mass is 10.1. The number of carbonyl (C=O) groups excluding carboxylic acids is 1. The molecule has 18 heavy (non-hydrogen) atoms. The Hall–Kier alpha value is -1.26. The summed E-state index contributed by atoms with van der Waals surface area (Å²) in [5.74, 6) is 0. The molecule has 1 N–H and O–H groups in total. The van der Waals surface area contributed by atoms with Gasteiger partial charge in [0.1, 0.15) is 0 Å². The first-order chi connectivity index (χ1) is 8.63. The van der Waals surface area contributed by atoms with Crippen LogP contribution in [0.2, 0.25) is 5.02 Å². The highest BCUT2D eigenvalue weighted by Gasteiger charge is 2.34. The zero-order chi connectivity index (χ0) is 13.1. The predicted octanol–water partition coefficient (Wildman–Crippen LogP) is 2.13. The Bertz CT molecular complexity index is 422. The maximum absolute atomic E-state index is 12.0. The lowest BCUT2D eigenvalue weighted by Crippen LogP contribution is -2.30. The molecule has 1 heterocycles. The third-order valence-electron chi connectivity index (χ3n) is 3.27. The minimum absolute atomic E-state index is 0.0170. The van der Waals surface area contributed by atoms with Crippen LogP contribution in [0.15, 0.2) is 24.3 Å². The molecule has 2 amide bonds. The molecule has 98 valence electrons. The Morgan fingerprint density at radius 2 is 2.06 bits per heavy atom. The van der Waals surface area contributed by atoms with E-state index in [0.29, 0.717) is 24.5 Å². The van der Waals surface area contributed by atoms with E-state index in [4.69, 9.17) is 16.7 Å². The predicted molar refractivity (Wildman–Crippen MR) is 70.6 cm³/mol. The van der Waals surface area contributed by atoms with Gasteiger partial charge >= 0.3 is 6.03 Å². The standard InChI is InChI=1S/C13H17ClN2O2/c1-15-12(10-3-5-11(14)6-4-10)9-16(13(15)18)7-2-8-17/h3-6,12,17H,2,7-9H2,1H3. The number of halogens is 1. The summed E-state index contributed by atoms with van der Waals surface area (Å²) in [6.07, 6.45) is 0.618. The summed E-state index contributed by atoms with van der Waals surface area (Å²) < 4.78 is 0. The van der Waals surface area contributed by atoms with Crippen molar-refractivity contribution in [3.05, 3.63) is 34.9 Å². The highest BCUT2D eigenvalue weighted by atomic mass is 35.5. The summed E-state index contributed by atoms with van der Waals surface area (Å²) in [4.78, 5) is 15.5. The Kier molecular flexibility index (Phi) is 4.09. The normalized spacial score (nSPS) is 19.7. The quantitative estimate of drug-likeness (QED) is 0.909. The van der Waals surface area contributed by atoms with Crippen LogP contribution in [0.4, 0.5) is 4.79 Å². The van der Waals surface area contributed by atoms with Crippen molar-refractivity contribution in [2.24, 2.45) is 0 Å². The lowest BCUT2D eigenvalue weighted by Gasteiger charge is -2.17. The van der Waals surface area contributed by atoms with Gasteiger partial charge < -0.3 is 14.9 Å². The average molecular weight is 269 g/mol. The number of rotatable bonds is 4. The summed E-state index contributed by atoms with van der Waals surface area (Å²) in [5.41, 5.74) is 1.08. The van der Waals surface area contributed by atoms with Gasteiger partial charge in [-0.15, -0.1) is 0 Å². The zero-order valence-corrected chi connectivity index (χ0v) is 11.1. The number of aliphatic hydroxyl groups is 1. The fourth-order valence-corrected chi connectivity index (χ4v) is 2.35. The first-order valence-electron chi connectivity index (χ1n) is 6.01. The first-order valence-corrected chi connectivity index (χ1v) is 6.39. The van der Waals surface area contributed by atoms with Crippen molar-refractivity contribution in [3.8, 4) is 0 Å². The van der Waals surface area contributed by atoms with Crippen LogP contribution in [-0.2, 0) is 0 Å². The van der Waals surface area contributed by atoms with Crippen LogP contribution >= 0.6 is 11.6 Å². The molecule has 0 aliphatic carbocycles. The van der Waals surface area contributed by atoms with E-state index < -0.39 is 0 Å². The number of amides is 2.